The van der Waals surface area contributed by atoms with E-state index in [0.717, 1.165) is 27.8 Å². The Morgan fingerprint density at radius 2 is 1.54 bits per heavy atom. The smallest absolute Gasteiger partial charge is 0.412 e. The number of anilines is 1. The molecule has 0 bridgehead atoms. The summed E-state index contributed by atoms with van der Waals surface area (Å²) in [5.74, 6) is -0.343. The van der Waals surface area contributed by atoms with Crippen LogP contribution in [-0.2, 0) is 21.6 Å². The molecule has 7 nitrogen and oxygen atoms in total. The molecule has 2 N–H and O–H groups in total. The van der Waals surface area contributed by atoms with E-state index in [1.54, 1.807) is 12.1 Å². The molecule has 1 fully saturated rings. The molecule has 1 amide bonds. The Morgan fingerprint density at radius 3 is 2.18 bits per heavy atom. The monoisotopic (exact) mass is 538 g/mol. The van der Waals surface area contributed by atoms with Crippen molar-refractivity contribution in [1.29, 1.82) is 0 Å². The average Bonchev–Trinajstić information content (AvgIpc) is 3.71. The third-order valence-corrected chi connectivity index (χ3v) is 7.25. The van der Waals surface area contributed by atoms with Gasteiger partial charge in [-0.1, -0.05) is 90.5 Å². The van der Waals surface area contributed by atoms with E-state index >= 15 is 0 Å². The van der Waals surface area contributed by atoms with Crippen molar-refractivity contribution in [2.75, 3.05) is 5.32 Å². The van der Waals surface area contributed by atoms with Crippen molar-refractivity contribution < 1.29 is 23.8 Å². The highest BCUT2D eigenvalue weighted by Gasteiger charge is 2.51. The summed E-state index contributed by atoms with van der Waals surface area (Å²) in [4.78, 5) is 28.6. The fourth-order valence-corrected chi connectivity index (χ4v) is 4.83. The Hall–Kier alpha value is -4.62. The van der Waals surface area contributed by atoms with Crippen LogP contribution in [0.2, 0.25) is 5.15 Å². The minimum atomic E-state index is -0.769. The number of rotatable bonds is 7. The predicted molar refractivity (Wildman–Crippen MR) is 149 cm³/mol. The van der Waals surface area contributed by atoms with Gasteiger partial charge in [0, 0.05) is 5.56 Å². The lowest BCUT2D eigenvalue weighted by Crippen LogP contribution is -2.19. The number of aliphatic carboxylic acids is 1. The van der Waals surface area contributed by atoms with Gasteiger partial charge in [0.1, 0.15) is 17.4 Å². The van der Waals surface area contributed by atoms with Gasteiger partial charge >= 0.3 is 12.1 Å². The number of carboxylic acids is 1. The van der Waals surface area contributed by atoms with Gasteiger partial charge < -0.3 is 14.3 Å². The number of carbonyl (C=O) groups is 2. The van der Waals surface area contributed by atoms with Crippen molar-refractivity contribution in [2.24, 2.45) is 0 Å². The number of benzene rings is 3. The van der Waals surface area contributed by atoms with Gasteiger partial charge in [-0.15, -0.1) is 0 Å². The van der Waals surface area contributed by atoms with Gasteiger partial charge in [0.15, 0.2) is 5.76 Å². The highest BCUT2D eigenvalue weighted by Crippen LogP contribution is 2.48. The third-order valence-electron chi connectivity index (χ3n) is 7.04. The molecule has 1 aliphatic rings. The minimum absolute atomic E-state index is 0.128. The molecule has 6 rings (SSSR count). The van der Waals surface area contributed by atoms with E-state index in [9.17, 15) is 14.7 Å². The number of aromatic nitrogens is 1. The number of nitrogens with zero attached hydrogens (tertiary/aromatic N) is 1. The van der Waals surface area contributed by atoms with Gasteiger partial charge in [0.05, 0.1) is 10.8 Å². The molecule has 1 aliphatic carbocycles. The first kappa shape index (κ1) is 24.7. The zero-order valence-electron chi connectivity index (χ0n) is 20.7. The lowest BCUT2D eigenvalue weighted by Gasteiger charge is -2.11. The Morgan fingerprint density at radius 1 is 0.897 bits per heavy atom. The maximum absolute atomic E-state index is 12.7. The number of furan rings is 1. The van der Waals surface area contributed by atoms with Crippen LogP contribution < -0.4 is 5.32 Å². The van der Waals surface area contributed by atoms with Crippen LogP contribution in [0.15, 0.2) is 95.4 Å². The molecule has 0 spiro atoms. The number of hydrogen-bond acceptors (Lipinski definition) is 5. The predicted octanol–water partition coefficient (Wildman–Crippen LogP) is 7.68. The summed E-state index contributed by atoms with van der Waals surface area (Å²) < 4.78 is 11.5. The molecular formula is C31H23ClN2O5. The fraction of sp³-hybridized carbons (Fsp3) is 0.129. The molecule has 1 saturated carbocycles. The molecule has 0 unspecified atom stereocenters. The van der Waals surface area contributed by atoms with Gasteiger partial charge in [-0.05, 0) is 47.2 Å². The molecule has 0 aliphatic heterocycles. The number of carboxylic acid groups (broad SMARTS) is 1. The number of fused-ring (bicyclic) bond motifs is 1. The van der Waals surface area contributed by atoms with E-state index < -0.39 is 17.5 Å². The topological polar surface area (TPSA) is 102 Å². The first-order chi connectivity index (χ1) is 18.9. The third kappa shape index (κ3) is 4.84. The van der Waals surface area contributed by atoms with Gasteiger partial charge in [-0.3, -0.25) is 10.1 Å². The highest BCUT2D eigenvalue weighted by atomic mass is 35.5. The average molecular weight is 539 g/mol. The number of nitrogens with one attached hydrogen (secondary N) is 1. The Bertz CT molecular complexity index is 1670. The standard InChI is InChI=1S/C31H23ClN2O5/c32-25-15-14-24-26(34-30(37)38-18-19-4-2-1-3-5-19)27(39-28(24)33-25)22-8-6-20(7-9-22)21-10-12-23(13-11-21)31(16-17-31)29(35)36/h1-15H,16-18H2,(H,34,37)(H,35,36). The SMILES string of the molecule is O=C(Nc1c(-c2ccc(-c3ccc(C4(C(=O)O)CC4)cc3)cc2)oc2nc(Cl)ccc12)OCc1ccccc1. The van der Waals surface area contributed by atoms with Crippen LogP contribution in [0.5, 0.6) is 0 Å². The number of pyridine rings is 1. The number of carbonyl (C=O) groups excluding carboxylic acids is 1. The second-order valence-electron chi connectivity index (χ2n) is 9.52. The summed E-state index contributed by atoms with van der Waals surface area (Å²) in [5.41, 5.74) is 4.36. The number of hydrogen-bond donors (Lipinski definition) is 2. The van der Waals surface area contributed by atoms with E-state index in [1.807, 2.05) is 78.9 Å². The number of ether oxygens (including phenoxy) is 1. The second kappa shape index (κ2) is 9.93. The summed E-state index contributed by atoms with van der Waals surface area (Å²) in [6.45, 7) is 0.128. The summed E-state index contributed by atoms with van der Waals surface area (Å²) in [5, 5.41) is 13.2. The van der Waals surface area contributed by atoms with Crippen LogP contribution in [0, 0.1) is 0 Å². The van der Waals surface area contributed by atoms with E-state index in [4.69, 9.17) is 20.8 Å². The maximum atomic E-state index is 12.7. The van der Waals surface area contributed by atoms with Crippen molar-refractivity contribution in [2.45, 2.75) is 24.9 Å². The zero-order chi connectivity index (χ0) is 27.0. The van der Waals surface area contributed by atoms with Crippen molar-refractivity contribution in [3.05, 3.63) is 107 Å². The Kier molecular flexibility index (Phi) is 6.29. The second-order valence-corrected chi connectivity index (χ2v) is 9.91. The van der Waals surface area contributed by atoms with Crippen LogP contribution in [0.25, 0.3) is 33.6 Å². The lowest BCUT2D eigenvalue weighted by atomic mass is 9.93. The van der Waals surface area contributed by atoms with Gasteiger partial charge in [-0.25, -0.2) is 9.78 Å². The molecule has 194 valence electrons. The summed E-state index contributed by atoms with van der Waals surface area (Å²) in [6, 6.07) is 28.1. The van der Waals surface area contributed by atoms with Gasteiger partial charge in [-0.2, -0.15) is 0 Å². The summed E-state index contributed by atoms with van der Waals surface area (Å²) in [6.07, 6.45) is 0.720. The quantitative estimate of drug-likeness (QED) is 0.206. The Balaban J connectivity index is 1.26. The molecule has 2 aromatic heterocycles. The first-order valence-corrected chi connectivity index (χ1v) is 12.8. The maximum Gasteiger partial charge on any atom is 0.412 e. The van der Waals surface area contributed by atoms with E-state index in [0.29, 0.717) is 35.4 Å². The fourth-order valence-electron chi connectivity index (χ4n) is 4.69. The van der Waals surface area contributed by atoms with Crippen molar-refractivity contribution >= 4 is 40.5 Å². The van der Waals surface area contributed by atoms with Crippen LogP contribution >= 0.6 is 11.6 Å². The van der Waals surface area contributed by atoms with Crippen LogP contribution in [0.4, 0.5) is 10.5 Å². The number of amides is 1. The molecule has 8 heteroatoms. The molecular weight excluding hydrogens is 516 g/mol. The van der Waals surface area contributed by atoms with Crippen molar-refractivity contribution in [1.82, 2.24) is 4.98 Å². The highest BCUT2D eigenvalue weighted by molar-refractivity contribution is 6.29. The van der Waals surface area contributed by atoms with E-state index in [-0.39, 0.29) is 11.8 Å². The number of halogens is 1. The molecule has 5 aromatic rings. The molecule has 0 saturated heterocycles. The van der Waals surface area contributed by atoms with Crippen LogP contribution in [0.1, 0.15) is 24.0 Å². The lowest BCUT2D eigenvalue weighted by molar-refractivity contribution is -0.140. The Labute approximate surface area is 229 Å². The van der Waals surface area contributed by atoms with Crippen LogP contribution in [0.3, 0.4) is 0 Å². The molecule has 0 radical (unpaired) electrons. The van der Waals surface area contributed by atoms with Crippen molar-refractivity contribution in [3.8, 4) is 22.5 Å². The van der Waals surface area contributed by atoms with E-state index in [1.165, 1.54) is 0 Å². The summed E-state index contributed by atoms with van der Waals surface area (Å²) >= 11 is 6.08. The normalized spacial score (nSPS) is 13.7. The van der Waals surface area contributed by atoms with Gasteiger partial charge in [0.2, 0.25) is 5.71 Å². The van der Waals surface area contributed by atoms with Crippen LogP contribution in [-0.4, -0.2) is 22.2 Å². The molecule has 3 aromatic carbocycles. The molecule has 2 heterocycles. The largest absolute Gasteiger partial charge is 0.481 e. The molecule has 39 heavy (non-hydrogen) atoms. The van der Waals surface area contributed by atoms with Gasteiger partial charge in [0.25, 0.3) is 0 Å². The summed E-state index contributed by atoms with van der Waals surface area (Å²) in [7, 11) is 0. The van der Waals surface area contributed by atoms with E-state index in [2.05, 4.69) is 10.3 Å². The molecule has 0 atom stereocenters. The first-order valence-electron chi connectivity index (χ1n) is 12.4. The van der Waals surface area contributed by atoms with Crippen molar-refractivity contribution in [3.63, 3.8) is 0 Å². The minimum Gasteiger partial charge on any atom is -0.481 e. The zero-order valence-corrected chi connectivity index (χ0v) is 21.4.